The molecule has 0 aromatic carbocycles. The quantitative estimate of drug-likeness (QED) is 0.503. The Morgan fingerprint density at radius 2 is 2.00 bits per heavy atom. The molecule has 0 aromatic heterocycles. The number of ether oxygens (including phenoxy) is 1. The molecule has 0 saturated carbocycles. The van der Waals surface area contributed by atoms with Crippen molar-refractivity contribution in [1.29, 1.82) is 0 Å². The third-order valence-electron chi connectivity index (χ3n) is 5.01. The van der Waals surface area contributed by atoms with Crippen molar-refractivity contribution in [3.05, 3.63) is 23.9 Å². The summed E-state index contributed by atoms with van der Waals surface area (Å²) in [5, 5.41) is 39.1. The Morgan fingerprint density at radius 1 is 1.25 bits per heavy atom. The summed E-state index contributed by atoms with van der Waals surface area (Å²) in [7, 11) is 2.05. The molecule has 4 N–H and O–H groups in total. The number of likely N-dealkylation sites (N-methyl/N-ethyl adjacent to an activating group) is 1. The standard InChI is InChI=1S/C16H24N2O6/c1-17-6-3-5-10(17)9-4-2-7-18(8-9)15-13(21)11(19)12(20)14(24-15)16(22)23/h2,4,8,10-15,19-21H,3,5-7H2,1H3,(H,22,23). The van der Waals surface area contributed by atoms with Crippen LogP contribution in [0.25, 0.3) is 0 Å². The first kappa shape index (κ1) is 17.4. The zero-order valence-electron chi connectivity index (χ0n) is 13.5. The van der Waals surface area contributed by atoms with Crippen LogP contribution in [0.5, 0.6) is 0 Å². The number of hydrogen-bond donors (Lipinski definition) is 4. The predicted octanol–water partition coefficient (Wildman–Crippen LogP) is -1.27. The molecule has 8 nitrogen and oxygen atoms in total. The lowest BCUT2D eigenvalue weighted by Gasteiger charge is -2.44. The molecule has 0 aromatic rings. The van der Waals surface area contributed by atoms with E-state index in [0.29, 0.717) is 6.54 Å². The number of nitrogens with zero attached hydrogens (tertiary/aromatic N) is 2. The predicted molar refractivity (Wildman–Crippen MR) is 83.9 cm³/mol. The second-order valence-electron chi connectivity index (χ2n) is 6.62. The molecule has 0 spiro atoms. The molecule has 6 atom stereocenters. The highest BCUT2D eigenvalue weighted by molar-refractivity contribution is 5.73. The molecule has 3 aliphatic rings. The number of carboxylic acids is 1. The minimum Gasteiger partial charge on any atom is -0.479 e. The molecule has 8 heteroatoms. The van der Waals surface area contributed by atoms with Crippen molar-refractivity contribution in [2.75, 3.05) is 20.1 Å². The molecule has 24 heavy (non-hydrogen) atoms. The maximum absolute atomic E-state index is 11.2. The van der Waals surface area contributed by atoms with Crippen molar-refractivity contribution >= 4 is 5.97 Å². The third kappa shape index (κ3) is 3.07. The second kappa shape index (κ2) is 6.81. The summed E-state index contributed by atoms with van der Waals surface area (Å²) in [6.07, 6.45) is 0.684. The first-order valence-corrected chi connectivity index (χ1v) is 8.17. The van der Waals surface area contributed by atoms with Gasteiger partial charge in [-0.2, -0.15) is 0 Å². The maximum Gasteiger partial charge on any atom is 0.335 e. The van der Waals surface area contributed by atoms with Crippen LogP contribution < -0.4 is 0 Å². The Balaban J connectivity index is 1.80. The fraction of sp³-hybridized carbons (Fsp3) is 0.688. The van der Waals surface area contributed by atoms with E-state index >= 15 is 0 Å². The lowest BCUT2D eigenvalue weighted by Crippen LogP contribution is -2.63. The monoisotopic (exact) mass is 340 g/mol. The zero-order valence-corrected chi connectivity index (χ0v) is 13.5. The molecule has 6 unspecified atom stereocenters. The topological polar surface area (TPSA) is 114 Å². The molecule has 0 radical (unpaired) electrons. The minimum atomic E-state index is -1.67. The molecule has 3 aliphatic heterocycles. The van der Waals surface area contributed by atoms with Crippen molar-refractivity contribution in [2.45, 2.75) is 49.5 Å². The van der Waals surface area contributed by atoms with E-state index in [0.717, 1.165) is 25.0 Å². The molecule has 0 aliphatic carbocycles. The highest BCUT2D eigenvalue weighted by atomic mass is 16.6. The molecule has 3 rings (SSSR count). The summed E-state index contributed by atoms with van der Waals surface area (Å²) in [6, 6.07) is 0.274. The molecule has 2 saturated heterocycles. The molecular formula is C16H24N2O6. The number of rotatable bonds is 3. The average molecular weight is 340 g/mol. The van der Waals surface area contributed by atoms with Gasteiger partial charge in [-0.1, -0.05) is 12.2 Å². The van der Waals surface area contributed by atoms with Crippen LogP contribution in [-0.4, -0.2) is 93.0 Å². The molecule has 134 valence electrons. The van der Waals surface area contributed by atoms with Gasteiger partial charge in [-0.15, -0.1) is 0 Å². The lowest BCUT2D eigenvalue weighted by molar-refractivity contribution is -0.252. The van der Waals surface area contributed by atoms with Gasteiger partial charge in [0.1, 0.15) is 18.3 Å². The number of hydrogen-bond acceptors (Lipinski definition) is 7. The van der Waals surface area contributed by atoms with Gasteiger partial charge in [-0.3, -0.25) is 4.90 Å². The Morgan fingerprint density at radius 3 is 2.62 bits per heavy atom. The van der Waals surface area contributed by atoms with Crippen LogP contribution in [0.1, 0.15) is 12.8 Å². The van der Waals surface area contributed by atoms with Gasteiger partial charge in [0.15, 0.2) is 12.3 Å². The van der Waals surface area contributed by atoms with Crippen molar-refractivity contribution in [1.82, 2.24) is 9.80 Å². The number of aliphatic carboxylic acids is 1. The third-order valence-corrected chi connectivity index (χ3v) is 5.01. The first-order valence-electron chi connectivity index (χ1n) is 8.17. The first-order chi connectivity index (χ1) is 11.4. The highest BCUT2D eigenvalue weighted by Crippen LogP contribution is 2.29. The summed E-state index contributed by atoms with van der Waals surface area (Å²) in [5.74, 6) is -1.37. The smallest absolute Gasteiger partial charge is 0.335 e. The highest BCUT2D eigenvalue weighted by Gasteiger charge is 2.48. The van der Waals surface area contributed by atoms with Gasteiger partial charge in [0.05, 0.1) is 0 Å². The lowest BCUT2D eigenvalue weighted by atomic mass is 9.96. The summed E-state index contributed by atoms with van der Waals surface area (Å²) >= 11 is 0. The van der Waals surface area contributed by atoms with Gasteiger partial charge in [0.25, 0.3) is 0 Å². The van der Waals surface area contributed by atoms with E-state index in [2.05, 4.69) is 11.9 Å². The van der Waals surface area contributed by atoms with E-state index in [4.69, 9.17) is 9.84 Å². The Hall–Kier alpha value is -1.45. The Kier molecular flexibility index (Phi) is 4.93. The van der Waals surface area contributed by atoms with E-state index in [1.165, 1.54) is 0 Å². The second-order valence-corrected chi connectivity index (χ2v) is 6.62. The summed E-state index contributed by atoms with van der Waals surface area (Å²) in [5.41, 5.74) is 1.06. The van der Waals surface area contributed by atoms with Crippen molar-refractivity contribution in [2.24, 2.45) is 0 Å². The van der Waals surface area contributed by atoms with E-state index in [-0.39, 0.29) is 6.04 Å². The number of aliphatic hydroxyl groups excluding tert-OH is 3. The van der Waals surface area contributed by atoms with Gasteiger partial charge >= 0.3 is 5.97 Å². The fourth-order valence-corrected chi connectivity index (χ4v) is 3.64. The van der Waals surface area contributed by atoms with Crippen LogP contribution >= 0.6 is 0 Å². The maximum atomic E-state index is 11.2. The van der Waals surface area contributed by atoms with Crippen molar-refractivity contribution in [3.63, 3.8) is 0 Å². The number of aliphatic hydroxyl groups is 3. The zero-order chi connectivity index (χ0) is 17.4. The van der Waals surface area contributed by atoms with Crippen molar-refractivity contribution < 1.29 is 30.0 Å². The van der Waals surface area contributed by atoms with Crippen LogP contribution in [0.15, 0.2) is 23.9 Å². The van der Waals surface area contributed by atoms with Gasteiger partial charge in [0.2, 0.25) is 0 Å². The summed E-state index contributed by atoms with van der Waals surface area (Å²) in [6.45, 7) is 1.45. The van der Waals surface area contributed by atoms with E-state index in [1.807, 2.05) is 18.4 Å². The average Bonchev–Trinajstić information content (AvgIpc) is 2.99. The largest absolute Gasteiger partial charge is 0.479 e. The van der Waals surface area contributed by atoms with Crippen molar-refractivity contribution in [3.8, 4) is 0 Å². The molecule has 0 bridgehead atoms. The molecule has 0 amide bonds. The van der Waals surface area contributed by atoms with E-state index in [1.54, 1.807) is 4.90 Å². The molecule has 2 fully saturated rings. The summed E-state index contributed by atoms with van der Waals surface area (Å²) in [4.78, 5) is 15.2. The number of carboxylic acid groups (broad SMARTS) is 1. The molecule has 3 heterocycles. The van der Waals surface area contributed by atoms with Crippen LogP contribution in [0, 0.1) is 0 Å². The van der Waals surface area contributed by atoms with Crippen LogP contribution in [0.4, 0.5) is 0 Å². The minimum absolute atomic E-state index is 0.274. The normalized spacial score (nSPS) is 40.7. The van der Waals surface area contributed by atoms with Crippen LogP contribution in [0.2, 0.25) is 0 Å². The Bertz CT molecular complexity index is 551. The van der Waals surface area contributed by atoms with Crippen LogP contribution in [-0.2, 0) is 9.53 Å². The summed E-state index contributed by atoms with van der Waals surface area (Å²) < 4.78 is 5.39. The number of carbonyl (C=O) groups is 1. The Labute approximate surface area is 140 Å². The van der Waals surface area contributed by atoms with Gasteiger partial charge in [-0.25, -0.2) is 4.79 Å². The fourth-order valence-electron chi connectivity index (χ4n) is 3.64. The molecular weight excluding hydrogens is 316 g/mol. The van der Waals surface area contributed by atoms with Gasteiger partial charge < -0.3 is 30.1 Å². The van der Waals surface area contributed by atoms with Gasteiger partial charge in [-0.05, 0) is 32.0 Å². The van der Waals surface area contributed by atoms with Gasteiger partial charge in [0, 0.05) is 18.8 Å². The number of likely N-dealkylation sites (tertiary alicyclic amines) is 1. The van der Waals surface area contributed by atoms with E-state index in [9.17, 15) is 20.1 Å². The van der Waals surface area contributed by atoms with E-state index < -0.39 is 36.6 Å². The van der Waals surface area contributed by atoms with Crippen LogP contribution in [0.3, 0.4) is 0 Å². The SMILES string of the molecule is CN1CCCC1C1=CN(C2OC(C(=O)O)C(O)C(O)C2O)CC=C1.